The molecule has 68 valence electrons. The Bertz CT molecular complexity index is 164. The van der Waals surface area contributed by atoms with Crippen molar-refractivity contribution in [2.24, 2.45) is 5.92 Å². The Hall–Kier alpha value is -0.410. The van der Waals surface area contributed by atoms with Crippen LogP contribution in [-0.2, 0) is 4.79 Å². The third-order valence-electron chi connectivity index (χ3n) is 3.08. The molecule has 1 unspecified atom stereocenters. The lowest BCUT2D eigenvalue weighted by Crippen LogP contribution is -2.55. The van der Waals surface area contributed by atoms with E-state index in [0.717, 1.165) is 12.2 Å². The van der Waals surface area contributed by atoms with Crippen molar-refractivity contribution < 1.29 is 4.79 Å². The van der Waals surface area contributed by atoms with E-state index in [1.807, 2.05) is 0 Å². The van der Waals surface area contributed by atoms with Crippen LogP contribution in [-0.4, -0.2) is 37.0 Å². The Morgan fingerprint density at radius 2 is 2.17 bits per heavy atom. The molecule has 3 rings (SSSR count). The lowest BCUT2D eigenvalue weighted by Gasteiger charge is -2.45. The zero-order valence-corrected chi connectivity index (χ0v) is 7.33. The Kier molecular flexibility index (Phi) is 2.42. The van der Waals surface area contributed by atoms with Gasteiger partial charge in [-0.1, -0.05) is 0 Å². The molecule has 0 spiro atoms. The topological polar surface area (TPSA) is 32.3 Å². The molecule has 3 fully saturated rings. The number of hydrogen-bond acceptors (Lipinski definition) is 3. The minimum absolute atomic E-state index is 0.489. The van der Waals surface area contributed by atoms with Gasteiger partial charge in [0, 0.05) is 0 Å². The highest BCUT2D eigenvalue weighted by atomic mass is 16.1. The van der Waals surface area contributed by atoms with Crippen molar-refractivity contribution in [2.45, 2.75) is 25.4 Å². The molecule has 3 heteroatoms. The van der Waals surface area contributed by atoms with E-state index in [-0.39, 0.29) is 0 Å². The van der Waals surface area contributed by atoms with Crippen LogP contribution in [0, 0.1) is 5.92 Å². The lowest BCUT2D eigenvalue weighted by atomic mass is 9.86. The first-order chi connectivity index (χ1) is 5.90. The Morgan fingerprint density at radius 3 is 2.67 bits per heavy atom. The number of carbonyl (C=O) groups excluding carboxylic acids is 1. The predicted octanol–water partition coefficient (Wildman–Crippen LogP) is 0.217. The van der Waals surface area contributed by atoms with Gasteiger partial charge in [0.15, 0.2) is 0 Å². The van der Waals surface area contributed by atoms with Crippen molar-refractivity contribution in [1.29, 1.82) is 0 Å². The standard InChI is InChI=1S/C9H16N2O/c12-6-3-10-9-7-8-1-4-11(9)5-2-8/h6,8-10H,1-5,7H2. The molecule has 0 radical (unpaired) electrons. The molecule has 3 heterocycles. The van der Waals surface area contributed by atoms with Crippen molar-refractivity contribution in [3.63, 3.8) is 0 Å². The average Bonchev–Trinajstić information content (AvgIpc) is 2.17. The summed E-state index contributed by atoms with van der Waals surface area (Å²) in [7, 11) is 0. The van der Waals surface area contributed by atoms with Crippen LogP contribution < -0.4 is 5.32 Å². The van der Waals surface area contributed by atoms with Gasteiger partial charge in [-0.15, -0.1) is 0 Å². The van der Waals surface area contributed by atoms with Crippen LogP contribution in [0.5, 0.6) is 0 Å². The number of hydrogen-bond donors (Lipinski definition) is 1. The van der Waals surface area contributed by atoms with Crippen molar-refractivity contribution >= 4 is 6.29 Å². The molecule has 0 aromatic carbocycles. The van der Waals surface area contributed by atoms with E-state index < -0.39 is 0 Å². The highest BCUT2D eigenvalue weighted by Gasteiger charge is 2.32. The maximum atomic E-state index is 10.2. The number of aldehydes is 1. The van der Waals surface area contributed by atoms with E-state index in [2.05, 4.69) is 10.2 Å². The molecule has 0 aromatic rings. The Balaban J connectivity index is 1.86. The van der Waals surface area contributed by atoms with Crippen LogP contribution in [0.25, 0.3) is 0 Å². The van der Waals surface area contributed by atoms with Gasteiger partial charge in [-0.3, -0.25) is 10.2 Å². The third kappa shape index (κ3) is 1.52. The second kappa shape index (κ2) is 3.54. The van der Waals surface area contributed by atoms with Crippen molar-refractivity contribution in [3.8, 4) is 0 Å². The number of piperidine rings is 3. The molecule has 0 saturated carbocycles. The normalized spacial score (nSPS) is 39.8. The third-order valence-corrected chi connectivity index (χ3v) is 3.08. The first-order valence-corrected chi connectivity index (χ1v) is 4.81. The molecule has 0 amide bonds. The molecular formula is C9H16N2O. The van der Waals surface area contributed by atoms with Gasteiger partial charge in [0.05, 0.1) is 12.7 Å². The van der Waals surface area contributed by atoms with Crippen LogP contribution in [0.4, 0.5) is 0 Å². The van der Waals surface area contributed by atoms with Gasteiger partial charge >= 0.3 is 0 Å². The molecule has 1 atom stereocenters. The summed E-state index contributed by atoms with van der Waals surface area (Å²) < 4.78 is 0. The average molecular weight is 168 g/mol. The Labute approximate surface area is 73.1 Å². The summed E-state index contributed by atoms with van der Waals surface area (Å²) in [6, 6.07) is 0. The summed E-state index contributed by atoms with van der Waals surface area (Å²) in [6.45, 7) is 2.95. The van der Waals surface area contributed by atoms with Gasteiger partial charge in [0.25, 0.3) is 0 Å². The SMILES string of the molecule is O=CCNC1CC2CCN1CC2. The van der Waals surface area contributed by atoms with Crippen LogP contribution in [0.2, 0.25) is 0 Å². The van der Waals surface area contributed by atoms with Crippen molar-refractivity contribution in [1.82, 2.24) is 10.2 Å². The molecule has 3 nitrogen and oxygen atoms in total. The van der Waals surface area contributed by atoms with Gasteiger partial charge in [0.1, 0.15) is 6.29 Å². The number of nitrogens with zero attached hydrogens (tertiary/aromatic N) is 1. The van der Waals surface area contributed by atoms with E-state index in [0.29, 0.717) is 12.7 Å². The number of carbonyl (C=O) groups is 1. The monoisotopic (exact) mass is 168 g/mol. The second-order valence-electron chi connectivity index (χ2n) is 3.81. The fraction of sp³-hybridized carbons (Fsp3) is 0.889. The quantitative estimate of drug-likeness (QED) is 0.612. The molecular weight excluding hydrogens is 152 g/mol. The highest BCUT2D eigenvalue weighted by molar-refractivity contribution is 5.51. The smallest absolute Gasteiger partial charge is 0.133 e. The molecule has 3 saturated heterocycles. The van der Waals surface area contributed by atoms with Gasteiger partial charge < -0.3 is 4.79 Å². The summed E-state index contributed by atoms with van der Waals surface area (Å²) in [5, 5.41) is 3.26. The van der Waals surface area contributed by atoms with Gasteiger partial charge in [-0.2, -0.15) is 0 Å². The van der Waals surface area contributed by atoms with E-state index in [9.17, 15) is 4.79 Å². The molecule has 1 N–H and O–H groups in total. The molecule has 0 aliphatic carbocycles. The highest BCUT2D eigenvalue weighted by Crippen LogP contribution is 2.30. The van der Waals surface area contributed by atoms with Gasteiger partial charge in [-0.25, -0.2) is 0 Å². The predicted molar refractivity (Wildman–Crippen MR) is 46.8 cm³/mol. The minimum Gasteiger partial charge on any atom is -0.302 e. The fourth-order valence-corrected chi connectivity index (χ4v) is 2.36. The maximum Gasteiger partial charge on any atom is 0.133 e. The summed E-state index contributed by atoms with van der Waals surface area (Å²) in [5.41, 5.74) is 0. The molecule has 3 aliphatic heterocycles. The first-order valence-electron chi connectivity index (χ1n) is 4.81. The summed E-state index contributed by atoms with van der Waals surface area (Å²) in [6.07, 6.45) is 5.40. The fourth-order valence-electron chi connectivity index (χ4n) is 2.36. The molecule has 0 aromatic heterocycles. The zero-order valence-electron chi connectivity index (χ0n) is 7.33. The minimum atomic E-state index is 0.489. The summed E-state index contributed by atoms with van der Waals surface area (Å²) in [4.78, 5) is 12.6. The largest absolute Gasteiger partial charge is 0.302 e. The Morgan fingerprint density at radius 1 is 1.42 bits per heavy atom. The van der Waals surface area contributed by atoms with Gasteiger partial charge in [-0.05, 0) is 38.3 Å². The maximum absolute atomic E-state index is 10.2. The van der Waals surface area contributed by atoms with E-state index >= 15 is 0 Å². The van der Waals surface area contributed by atoms with Crippen molar-refractivity contribution in [2.75, 3.05) is 19.6 Å². The van der Waals surface area contributed by atoms with Crippen molar-refractivity contribution in [3.05, 3.63) is 0 Å². The second-order valence-corrected chi connectivity index (χ2v) is 3.81. The molecule has 3 aliphatic rings. The number of nitrogens with one attached hydrogen (secondary N) is 1. The zero-order chi connectivity index (χ0) is 8.39. The summed E-state index contributed by atoms with van der Waals surface area (Å²) >= 11 is 0. The van der Waals surface area contributed by atoms with Gasteiger partial charge in [0.2, 0.25) is 0 Å². The van der Waals surface area contributed by atoms with Crippen LogP contribution in [0.3, 0.4) is 0 Å². The first kappa shape index (κ1) is 8.20. The van der Waals surface area contributed by atoms with Crippen LogP contribution >= 0.6 is 0 Å². The van der Waals surface area contributed by atoms with Crippen LogP contribution in [0.15, 0.2) is 0 Å². The van der Waals surface area contributed by atoms with E-state index in [1.165, 1.54) is 32.4 Å². The van der Waals surface area contributed by atoms with Crippen LogP contribution in [0.1, 0.15) is 19.3 Å². The molecule has 12 heavy (non-hydrogen) atoms. The number of fused-ring (bicyclic) bond motifs is 3. The van der Waals surface area contributed by atoms with E-state index in [4.69, 9.17) is 0 Å². The summed E-state index contributed by atoms with van der Waals surface area (Å²) in [5.74, 6) is 0.916. The molecule has 2 bridgehead atoms. The lowest BCUT2D eigenvalue weighted by molar-refractivity contribution is -0.107. The van der Waals surface area contributed by atoms with E-state index in [1.54, 1.807) is 0 Å². The number of rotatable bonds is 3.